The number of esters is 1. The molecule has 1 amide bonds. The van der Waals surface area contributed by atoms with Crippen molar-refractivity contribution in [2.24, 2.45) is 0 Å². The zero-order chi connectivity index (χ0) is 26.2. The first-order valence-corrected chi connectivity index (χ1v) is 11.8. The Morgan fingerprint density at radius 3 is 2.60 bits per heavy atom. The van der Waals surface area contributed by atoms with Crippen LogP contribution in [0.3, 0.4) is 0 Å². The summed E-state index contributed by atoms with van der Waals surface area (Å²) in [6.07, 6.45) is 2.91. The second kappa shape index (κ2) is 12.1. The second-order valence-electron chi connectivity index (χ2n) is 8.64. The maximum Gasteiger partial charge on any atom is 0.352 e. The van der Waals surface area contributed by atoms with Crippen LogP contribution in [0.2, 0.25) is 0 Å². The summed E-state index contributed by atoms with van der Waals surface area (Å²) in [7, 11) is 1.89. The monoisotopic (exact) mass is 497 g/mol. The lowest BCUT2D eigenvalue weighted by Crippen LogP contribution is -2.42. The third-order valence-electron chi connectivity index (χ3n) is 5.13. The van der Waals surface area contributed by atoms with Crippen LogP contribution in [-0.4, -0.2) is 47.1 Å². The van der Waals surface area contributed by atoms with Crippen molar-refractivity contribution in [1.82, 2.24) is 9.47 Å². The van der Waals surface area contributed by atoms with Gasteiger partial charge in [0.05, 0.1) is 6.54 Å². The summed E-state index contributed by atoms with van der Waals surface area (Å²) in [5, 5.41) is 15.4. The molecule has 0 saturated carbocycles. The van der Waals surface area contributed by atoms with E-state index in [0.29, 0.717) is 15.9 Å². The molecule has 0 atom stereocenters. The van der Waals surface area contributed by atoms with Gasteiger partial charge in [0.2, 0.25) is 5.91 Å². The van der Waals surface area contributed by atoms with Crippen LogP contribution >= 0.6 is 11.3 Å². The van der Waals surface area contributed by atoms with Crippen LogP contribution in [0.5, 0.6) is 0 Å². The molecule has 0 saturated heterocycles. The number of nitrogens with zero attached hydrogens (tertiary/aromatic N) is 3. The molecular weight excluding hydrogens is 466 g/mol. The quantitative estimate of drug-likeness (QED) is 0.401. The molecule has 0 unspecified atom stereocenters. The van der Waals surface area contributed by atoms with Crippen LogP contribution in [0.25, 0.3) is 11.8 Å². The summed E-state index contributed by atoms with van der Waals surface area (Å²) in [6.45, 7) is 11.8. The van der Waals surface area contributed by atoms with Gasteiger partial charge in [-0.3, -0.25) is 19.1 Å². The summed E-state index contributed by atoms with van der Waals surface area (Å²) >= 11 is 1.02. The molecule has 1 aromatic carbocycles. The van der Waals surface area contributed by atoms with Crippen LogP contribution in [0.15, 0.2) is 41.7 Å². The lowest BCUT2D eigenvalue weighted by molar-refractivity contribution is -0.135. The third-order valence-corrected chi connectivity index (χ3v) is 6.26. The molecule has 0 aliphatic rings. The minimum absolute atomic E-state index is 0.0361. The number of aromatic nitrogens is 1. The molecule has 0 radical (unpaired) electrons. The third kappa shape index (κ3) is 7.40. The van der Waals surface area contributed by atoms with E-state index in [1.165, 1.54) is 16.8 Å². The Kier molecular flexibility index (Phi) is 9.57. The number of hydrogen-bond donors (Lipinski definition) is 2. The number of nitrogens with one attached hydrogen (secondary N) is 2. The summed E-state index contributed by atoms with van der Waals surface area (Å²) in [6, 6.07) is 8.94. The molecule has 1 aromatic heterocycles. The number of rotatable bonds is 9. The average Bonchev–Trinajstić information content (AvgIpc) is 3.11. The van der Waals surface area contributed by atoms with E-state index in [-0.39, 0.29) is 46.9 Å². The largest absolute Gasteiger partial charge is 0.457 e. The Morgan fingerprint density at radius 2 is 2.00 bits per heavy atom. The summed E-state index contributed by atoms with van der Waals surface area (Å²) < 4.78 is 6.87. The van der Waals surface area contributed by atoms with E-state index in [1.54, 1.807) is 31.2 Å². The molecule has 0 bridgehead atoms. The van der Waals surface area contributed by atoms with Crippen molar-refractivity contribution in [3.63, 3.8) is 0 Å². The van der Waals surface area contributed by atoms with Gasteiger partial charge in [-0.2, -0.15) is 5.26 Å². The highest BCUT2D eigenvalue weighted by Crippen LogP contribution is 2.16. The van der Waals surface area contributed by atoms with Gasteiger partial charge in [0.25, 0.3) is 5.56 Å². The molecule has 2 rings (SSSR count). The molecule has 2 N–H and O–H groups in total. The van der Waals surface area contributed by atoms with Gasteiger partial charge in [-0.15, -0.1) is 11.3 Å². The molecular formula is C25H31N5O4S. The molecule has 0 spiro atoms. The predicted octanol–water partition coefficient (Wildman–Crippen LogP) is 1.85. The van der Waals surface area contributed by atoms with Gasteiger partial charge in [0.1, 0.15) is 21.9 Å². The highest BCUT2D eigenvalue weighted by atomic mass is 32.1. The molecule has 2 aromatic rings. The van der Waals surface area contributed by atoms with Crippen molar-refractivity contribution in [2.45, 2.75) is 39.8 Å². The van der Waals surface area contributed by atoms with Crippen molar-refractivity contribution < 1.29 is 14.3 Å². The van der Waals surface area contributed by atoms with Gasteiger partial charge in [-0.25, -0.2) is 4.79 Å². The average molecular weight is 498 g/mol. The summed E-state index contributed by atoms with van der Waals surface area (Å²) in [5.41, 5.74) is 0.559. The number of amides is 1. The SMILES string of the molecule is C=CCOC(=O)/C(C#N)=c1\s/c(=C/Nc2cccc(NC(=O)CN(C)C(C)(C)C)c2)c(=O)n1CC. The molecule has 10 heteroatoms. The number of carbonyl (C=O) groups is 2. The van der Waals surface area contributed by atoms with Crippen molar-refractivity contribution in [2.75, 3.05) is 30.8 Å². The summed E-state index contributed by atoms with van der Waals surface area (Å²) in [5.74, 6) is -0.948. The second-order valence-corrected chi connectivity index (χ2v) is 9.67. The zero-order valence-electron chi connectivity index (χ0n) is 20.7. The molecule has 0 fully saturated rings. The predicted molar refractivity (Wildman–Crippen MR) is 139 cm³/mol. The molecule has 9 nitrogen and oxygen atoms in total. The molecule has 1 heterocycles. The van der Waals surface area contributed by atoms with E-state index >= 15 is 0 Å². The van der Waals surface area contributed by atoms with E-state index in [0.717, 1.165) is 11.3 Å². The Balaban J connectivity index is 2.31. The maximum atomic E-state index is 12.8. The first kappa shape index (κ1) is 27.6. The van der Waals surface area contributed by atoms with Gasteiger partial charge in [0.15, 0.2) is 5.57 Å². The number of benzene rings is 1. The standard InChI is InChI=1S/C25H31N5O4S/c1-7-12-34-24(33)19(14-26)23-30(8-2)22(32)20(35-23)15-27-17-10-9-11-18(13-17)28-21(31)16-29(6)25(3,4)5/h7,9-11,13,15,27H,1,8,12,16H2,2-6H3,(H,28,31)/b20-15+,23-19-. The van der Waals surface area contributed by atoms with E-state index in [4.69, 9.17) is 4.74 Å². The number of carbonyl (C=O) groups excluding carboxylic acids is 2. The van der Waals surface area contributed by atoms with E-state index in [2.05, 4.69) is 17.2 Å². The van der Waals surface area contributed by atoms with Crippen LogP contribution in [-0.2, 0) is 20.9 Å². The van der Waals surface area contributed by atoms with Crippen molar-refractivity contribution in [3.8, 4) is 6.07 Å². The Morgan fingerprint density at radius 1 is 1.31 bits per heavy atom. The van der Waals surface area contributed by atoms with Crippen LogP contribution in [0.4, 0.5) is 11.4 Å². The highest BCUT2D eigenvalue weighted by molar-refractivity contribution is 7.07. The van der Waals surface area contributed by atoms with E-state index < -0.39 is 5.97 Å². The summed E-state index contributed by atoms with van der Waals surface area (Å²) in [4.78, 5) is 39.4. The zero-order valence-corrected chi connectivity index (χ0v) is 21.5. The van der Waals surface area contributed by atoms with Gasteiger partial charge >= 0.3 is 5.97 Å². The van der Waals surface area contributed by atoms with Crippen molar-refractivity contribution in [3.05, 3.63) is 56.5 Å². The van der Waals surface area contributed by atoms with Crippen LogP contribution in [0.1, 0.15) is 27.7 Å². The molecule has 0 aliphatic heterocycles. The molecule has 186 valence electrons. The Bertz CT molecular complexity index is 1310. The fourth-order valence-corrected chi connectivity index (χ4v) is 3.95. The maximum absolute atomic E-state index is 12.8. The Labute approximate surface area is 208 Å². The topological polar surface area (TPSA) is 116 Å². The lowest BCUT2D eigenvalue weighted by Gasteiger charge is -2.31. The van der Waals surface area contributed by atoms with Crippen LogP contribution in [0, 0.1) is 11.3 Å². The smallest absolute Gasteiger partial charge is 0.352 e. The molecule has 35 heavy (non-hydrogen) atoms. The van der Waals surface area contributed by atoms with Crippen LogP contribution < -0.4 is 25.4 Å². The lowest BCUT2D eigenvalue weighted by atomic mass is 10.1. The fourth-order valence-electron chi connectivity index (χ4n) is 2.87. The molecule has 0 aliphatic carbocycles. The van der Waals surface area contributed by atoms with Crippen molar-refractivity contribution >= 4 is 46.4 Å². The number of hydrogen-bond acceptors (Lipinski definition) is 8. The van der Waals surface area contributed by atoms with E-state index in [9.17, 15) is 19.6 Å². The minimum atomic E-state index is -0.809. The number of ether oxygens (including phenoxy) is 1. The number of likely N-dealkylation sites (N-methyl/N-ethyl adjacent to an activating group) is 1. The highest BCUT2D eigenvalue weighted by Gasteiger charge is 2.19. The normalized spacial score (nSPS) is 12.7. The fraction of sp³-hybridized carbons (Fsp3) is 0.360. The number of anilines is 2. The van der Waals surface area contributed by atoms with Gasteiger partial charge in [-0.05, 0) is 52.9 Å². The van der Waals surface area contributed by atoms with Crippen molar-refractivity contribution in [1.29, 1.82) is 5.26 Å². The Hall–Kier alpha value is -3.68. The minimum Gasteiger partial charge on any atom is -0.457 e. The van der Waals surface area contributed by atoms with E-state index in [1.807, 2.05) is 38.8 Å². The van der Waals surface area contributed by atoms with Gasteiger partial charge in [-0.1, -0.05) is 18.7 Å². The number of nitriles is 1. The number of thiazole rings is 1. The first-order chi connectivity index (χ1) is 16.5. The van der Waals surface area contributed by atoms with Gasteiger partial charge in [0, 0.05) is 29.7 Å². The first-order valence-electron chi connectivity index (χ1n) is 11.0. The van der Waals surface area contributed by atoms with Gasteiger partial charge < -0.3 is 15.4 Å².